The zero-order valence-electron chi connectivity index (χ0n) is 31.0. The highest BCUT2D eigenvalue weighted by Crippen LogP contribution is 2.54. The molecule has 0 N–H and O–H groups in total. The van der Waals surface area contributed by atoms with Gasteiger partial charge in [0.25, 0.3) is 11.1 Å². The van der Waals surface area contributed by atoms with Crippen LogP contribution in [0.5, 0.6) is 0 Å². The van der Waals surface area contributed by atoms with Gasteiger partial charge in [0.2, 0.25) is 0 Å². The van der Waals surface area contributed by atoms with Gasteiger partial charge < -0.3 is 0 Å². The maximum absolute atomic E-state index is 15.0. The minimum atomic E-state index is -0.119. The summed E-state index contributed by atoms with van der Waals surface area (Å²) in [5.41, 5.74) is 7.19. The first-order chi connectivity index (χ1) is 25.5. The van der Waals surface area contributed by atoms with E-state index < -0.39 is 0 Å². The van der Waals surface area contributed by atoms with Crippen molar-refractivity contribution in [2.45, 2.75) is 97.9 Å². The molecule has 0 aliphatic carbocycles. The zero-order valence-corrected chi connectivity index (χ0v) is 31.0. The summed E-state index contributed by atoms with van der Waals surface area (Å²) in [7, 11) is 0. The maximum atomic E-state index is 15.0. The van der Waals surface area contributed by atoms with Gasteiger partial charge in [-0.2, -0.15) is 0 Å². The van der Waals surface area contributed by atoms with Crippen molar-refractivity contribution >= 4 is 64.6 Å². The third-order valence-corrected chi connectivity index (χ3v) is 12.1. The molecule has 1 aromatic heterocycles. The Morgan fingerprint density at radius 3 is 1.35 bits per heavy atom. The lowest BCUT2D eigenvalue weighted by Gasteiger charge is -2.15. The molecule has 9 aromatic rings. The van der Waals surface area contributed by atoms with Gasteiger partial charge in [0, 0.05) is 6.04 Å². The molecule has 3 heteroatoms. The minimum absolute atomic E-state index is 0.109. The molecule has 0 unspecified atom stereocenters. The van der Waals surface area contributed by atoms with Gasteiger partial charge in [-0.15, -0.1) is 0 Å². The van der Waals surface area contributed by atoms with Gasteiger partial charge >= 0.3 is 0 Å². The summed E-state index contributed by atoms with van der Waals surface area (Å²) < 4.78 is 1.66. The Morgan fingerprint density at radius 1 is 0.462 bits per heavy atom. The summed E-state index contributed by atoms with van der Waals surface area (Å²) in [4.78, 5) is 30.1. The van der Waals surface area contributed by atoms with Crippen molar-refractivity contribution < 1.29 is 0 Å². The topological polar surface area (TPSA) is 39.1 Å². The second-order valence-corrected chi connectivity index (χ2v) is 15.3. The molecule has 0 saturated heterocycles. The van der Waals surface area contributed by atoms with Gasteiger partial charge in [0.1, 0.15) is 0 Å². The highest BCUT2D eigenvalue weighted by atomic mass is 16.2. The Labute approximate surface area is 305 Å². The molecule has 0 fully saturated rings. The molecule has 1 heterocycles. The number of nitrogens with zero attached hydrogens (tertiary/aromatic N) is 1. The van der Waals surface area contributed by atoms with Crippen LogP contribution in [0.15, 0.2) is 94.5 Å². The minimum Gasteiger partial charge on any atom is -0.271 e. The quantitative estimate of drug-likeness (QED) is 0.114. The van der Waals surface area contributed by atoms with E-state index in [0.717, 1.165) is 96.9 Å². The lowest BCUT2D eigenvalue weighted by Crippen LogP contribution is -2.30. The highest BCUT2D eigenvalue weighted by molar-refractivity contribution is 6.50. The number of benzene rings is 7. The zero-order chi connectivity index (χ0) is 35.7. The highest BCUT2D eigenvalue weighted by Gasteiger charge is 2.31. The molecule has 0 amide bonds. The van der Waals surface area contributed by atoms with E-state index in [1.807, 2.05) is 0 Å². The summed E-state index contributed by atoms with van der Waals surface area (Å²) in [5.74, 6) is 0. The van der Waals surface area contributed by atoms with E-state index in [9.17, 15) is 0 Å². The Bertz CT molecular complexity index is 2650. The van der Waals surface area contributed by atoms with Crippen LogP contribution in [-0.2, 0) is 12.8 Å². The van der Waals surface area contributed by atoms with Crippen LogP contribution >= 0.6 is 0 Å². The van der Waals surface area contributed by atoms with E-state index >= 15 is 9.59 Å². The van der Waals surface area contributed by atoms with Crippen LogP contribution in [0.1, 0.15) is 96.2 Å². The normalized spacial score (nSPS) is 12.6. The SMILES string of the molecule is CCCCc1ccccc1-c1cc2c3c(=O)n(C(CCC)CCC)c(=O)c3c3cc(-c4ccccc4CCCC)c4ccc5ccc1c1c5c4c3c21. The van der Waals surface area contributed by atoms with Crippen molar-refractivity contribution in [1.82, 2.24) is 4.57 Å². The Hall–Kier alpha value is -5.02. The third kappa shape index (κ3) is 4.64. The maximum Gasteiger partial charge on any atom is 0.262 e. The largest absolute Gasteiger partial charge is 0.271 e. The Kier molecular flexibility index (Phi) is 8.14. The van der Waals surface area contributed by atoms with E-state index in [4.69, 9.17) is 0 Å². The first-order valence-electron chi connectivity index (χ1n) is 19.8. The Balaban J connectivity index is 1.52. The van der Waals surface area contributed by atoms with E-state index in [0.29, 0.717) is 10.8 Å². The van der Waals surface area contributed by atoms with Crippen LogP contribution in [0.25, 0.3) is 86.9 Å². The molecule has 8 aromatic carbocycles. The van der Waals surface area contributed by atoms with E-state index in [1.54, 1.807) is 4.57 Å². The standard InChI is InChI=1S/C49H47NO2/c1-5-9-17-29-19-11-13-21-33(29)37-27-39-44-42-35(37)25-23-31-24-26-36-38(34-22-14-12-20-30(34)18-10-6-2)28-40(45(44)43(36)41(31)42)47-46(39)48(51)50(49(47)52)32(15-7-3)16-8-4/h11-14,19-28,32H,5-10,15-18H2,1-4H3. The molecule has 0 aliphatic rings. The predicted molar refractivity (Wildman–Crippen MR) is 224 cm³/mol. The number of hydrogen-bond acceptors (Lipinski definition) is 2. The number of hydrogen-bond donors (Lipinski definition) is 0. The average molecular weight is 682 g/mol. The van der Waals surface area contributed by atoms with Crippen molar-refractivity contribution in [3.05, 3.63) is 117 Å². The lowest BCUT2D eigenvalue weighted by molar-refractivity contribution is 0.413. The first-order valence-corrected chi connectivity index (χ1v) is 19.8. The molecule has 0 bridgehead atoms. The van der Waals surface area contributed by atoms with Crippen LogP contribution in [0.2, 0.25) is 0 Å². The van der Waals surface area contributed by atoms with Gasteiger partial charge in [-0.25, -0.2) is 0 Å². The predicted octanol–water partition coefficient (Wildman–Crippen LogP) is 13.0. The summed E-state index contributed by atoms with van der Waals surface area (Å²) >= 11 is 0. The third-order valence-electron chi connectivity index (χ3n) is 12.1. The summed E-state index contributed by atoms with van der Waals surface area (Å²) in [6.07, 6.45) is 9.98. The molecular formula is C49H47NO2. The number of unbranched alkanes of at least 4 members (excludes halogenated alkanes) is 2. The fraction of sp³-hybridized carbons (Fsp3) is 0.306. The number of aromatic nitrogens is 1. The van der Waals surface area contributed by atoms with Gasteiger partial charge in [0.05, 0.1) is 10.8 Å². The molecule has 0 spiro atoms. The molecule has 3 nitrogen and oxygen atoms in total. The van der Waals surface area contributed by atoms with Crippen molar-refractivity contribution in [1.29, 1.82) is 0 Å². The van der Waals surface area contributed by atoms with Crippen molar-refractivity contribution in [3.63, 3.8) is 0 Å². The smallest absolute Gasteiger partial charge is 0.262 e. The van der Waals surface area contributed by atoms with Gasteiger partial charge in [0.15, 0.2) is 0 Å². The second kappa shape index (κ2) is 12.9. The molecule has 260 valence electrons. The average Bonchev–Trinajstić information content (AvgIpc) is 3.67. The van der Waals surface area contributed by atoms with E-state index in [-0.39, 0.29) is 17.2 Å². The van der Waals surface area contributed by atoms with Crippen molar-refractivity contribution in [3.8, 4) is 22.3 Å². The number of fused-ring (bicyclic) bond motifs is 3. The van der Waals surface area contributed by atoms with Crippen LogP contribution in [0, 0.1) is 0 Å². The molecule has 0 radical (unpaired) electrons. The summed E-state index contributed by atoms with van der Waals surface area (Å²) in [5, 5.41) is 12.8. The van der Waals surface area contributed by atoms with Crippen molar-refractivity contribution in [2.24, 2.45) is 0 Å². The van der Waals surface area contributed by atoms with Crippen LogP contribution in [0.4, 0.5) is 0 Å². The van der Waals surface area contributed by atoms with Crippen LogP contribution in [0.3, 0.4) is 0 Å². The Morgan fingerprint density at radius 2 is 0.904 bits per heavy atom. The van der Waals surface area contributed by atoms with Crippen LogP contribution in [-0.4, -0.2) is 4.57 Å². The molecule has 0 saturated carbocycles. The molecule has 9 rings (SSSR count). The monoisotopic (exact) mass is 681 g/mol. The van der Waals surface area contributed by atoms with E-state index in [2.05, 4.69) is 113 Å². The molecule has 0 aliphatic heterocycles. The van der Waals surface area contributed by atoms with Gasteiger partial charge in [-0.3, -0.25) is 14.2 Å². The number of aryl methyl sites for hydroxylation is 2. The molecule has 0 atom stereocenters. The number of rotatable bonds is 13. The fourth-order valence-corrected chi connectivity index (χ4v) is 9.79. The van der Waals surface area contributed by atoms with E-state index in [1.165, 1.54) is 54.6 Å². The fourth-order valence-electron chi connectivity index (χ4n) is 9.79. The van der Waals surface area contributed by atoms with Gasteiger partial charge in [-0.1, -0.05) is 126 Å². The second-order valence-electron chi connectivity index (χ2n) is 15.3. The van der Waals surface area contributed by atoms with Crippen LogP contribution < -0.4 is 11.1 Å². The summed E-state index contributed by atoms with van der Waals surface area (Å²) in [6.45, 7) is 8.79. The van der Waals surface area contributed by atoms with Crippen molar-refractivity contribution in [2.75, 3.05) is 0 Å². The summed E-state index contributed by atoms with van der Waals surface area (Å²) in [6, 6.07) is 31.2. The first kappa shape index (κ1) is 32.9. The molecule has 52 heavy (non-hydrogen) atoms. The molecular weight excluding hydrogens is 635 g/mol. The lowest BCUT2D eigenvalue weighted by atomic mass is 9.87. The van der Waals surface area contributed by atoms with Gasteiger partial charge in [-0.05, 0) is 138 Å².